The number of rotatable bonds is 2. The van der Waals surface area contributed by atoms with Crippen LogP contribution in [-0.2, 0) is 0 Å². The molecule has 2 rings (SSSR count). The van der Waals surface area contributed by atoms with Crippen molar-refractivity contribution < 1.29 is 0 Å². The third kappa shape index (κ3) is 2.55. The summed E-state index contributed by atoms with van der Waals surface area (Å²) in [5, 5.41) is 8.67. The molecule has 0 saturated carbocycles. The fourth-order valence-corrected chi connectivity index (χ4v) is 2.35. The molecule has 0 spiro atoms. The topological polar surface area (TPSA) is 27.0 Å². The molecule has 1 saturated heterocycles. The van der Waals surface area contributed by atoms with Gasteiger partial charge in [-0.2, -0.15) is 5.26 Å². The summed E-state index contributed by atoms with van der Waals surface area (Å²) in [7, 11) is 0. The standard InChI is InChI=1S/C14H18N2/c1-12-3-2-4-14(11-12)16-9-6-13(5-8-15)7-10-16/h2-4,11,13H,5-7,9-10H2,1H3. The Balaban J connectivity index is 1.97. The second kappa shape index (κ2) is 5.03. The average molecular weight is 214 g/mol. The first-order chi connectivity index (χ1) is 7.79. The molecule has 0 bridgehead atoms. The monoisotopic (exact) mass is 214 g/mol. The lowest BCUT2D eigenvalue weighted by atomic mass is 9.94. The number of anilines is 1. The van der Waals surface area contributed by atoms with Gasteiger partial charge in [-0.1, -0.05) is 12.1 Å². The van der Waals surface area contributed by atoms with Gasteiger partial charge in [-0.15, -0.1) is 0 Å². The summed E-state index contributed by atoms with van der Waals surface area (Å²) >= 11 is 0. The Bertz CT molecular complexity index is 384. The molecule has 1 aliphatic rings. The maximum atomic E-state index is 8.67. The summed E-state index contributed by atoms with van der Waals surface area (Å²) < 4.78 is 0. The van der Waals surface area contributed by atoms with E-state index in [1.165, 1.54) is 11.3 Å². The molecule has 1 aromatic rings. The molecule has 0 aromatic heterocycles. The van der Waals surface area contributed by atoms with Crippen LogP contribution in [0.1, 0.15) is 24.8 Å². The van der Waals surface area contributed by atoms with Crippen LogP contribution in [0.3, 0.4) is 0 Å². The molecule has 0 radical (unpaired) electrons. The molecule has 0 atom stereocenters. The summed E-state index contributed by atoms with van der Waals surface area (Å²) in [5.74, 6) is 0.617. The molecule has 2 nitrogen and oxygen atoms in total. The quantitative estimate of drug-likeness (QED) is 0.756. The zero-order valence-corrected chi connectivity index (χ0v) is 9.82. The molecular weight excluding hydrogens is 196 g/mol. The number of nitriles is 1. The fourth-order valence-electron chi connectivity index (χ4n) is 2.35. The zero-order valence-electron chi connectivity index (χ0n) is 9.82. The van der Waals surface area contributed by atoms with Gasteiger partial charge in [0.05, 0.1) is 6.07 Å². The molecule has 0 aliphatic carbocycles. The SMILES string of the molecule is Cc1cccc(N2CCC(CC#N)CC2)c1. The minimum atomic E-state index is 0.617. The normalized spacial score (nSPS) is 17.1. The smallest absolute Gasteiger partial charge is 0.0624 e. The Morgan fingerprint density at radius 2 is 2.12 bits per heavy atom. The van der Waals surface area contributed by atoms with E-state index in [0.717, 1.165) is 32.4 Å². The lowest BCUT2D eigenvalue weighted by molar-refractivity contribution is 0.413. The summed E-state index contributed by atoms with van der Waals surface area (Å²) in [6.45, 7) is 4.32. The van der Waals surface area contributed by atoms with Crippen molar-refractivity contribution in [1.82, 2.24) is 0 Å². The fraction of sp³-hybridized carbons (Fsp3) is 0.500. The van der Waals surface area contributed by atoms with Crippen LogP contribution in [0.4, 0.5) is 5.69 Å². The third-order valence-electron chi connectivity index (χ3n) is 3.36. The Morgan fingerprint density at radius 3 is 2.75 bits per heavy atom. The van der Waals surface area contributed by atoms with Crippen molar-refractivity contribution in [3.63, 3.8) is 0 Å². The van der Waals surface area contributed by atoms with Crippen molar-refractivity contribution in [3.05, 3.63) is 29.8 Å². The molecular formula is C14H18N2. The van der Waals surface area contributed by atoms with Gasteiger partial charge in [-0.25, -0.2) is 0 Å². The van der Waals surface area contributed by atoms with E-state index in [0.29, 0.717) is 5.92 Å². The second-order valence-electron chi connectivity index (χ2n) is 4.63. The van der Waals surface area contributed by atoms with Gasteiger partial charge in [0.15, 0.2) is 0 Å². The molecule has 0 amide bonds. The Hall–Kier alpha value is -1.49. The first-order valence-corrected chi connectivity index (χ1v) is 5.98. The predicted molar refractivity (Wildman–Crippen MR) is 66.3 cm³/mol. The summed E-state index contributed by atoms with van der Waals surface area (Å²) in [6.07, 6.45) is 3.03. The van der Waals surface area contributed by atoms with E-state index in [-0.39, 0.29) is 0 Å². The van der Waals surface area contributed by atoms with Crippen molar-refractivity contribution in [1.29, 1.82) is 5.26 Å². The van der Waals surface area contributed by atoms with Crippen molar-refractivity contribution >= 4 is 5.69 Å². The van der Waals surface area contributed by atoms with Crippen LogP contribution in [0.15, 0.2) is 24.3 Å². The van der Waals surface area contributed by atoms with Crippen LogP contribution < -0.4 is 4.90 Å². The first kappa shape index (κ1) is 11.0. The van der Waals surface area contributed by atoms with E-state index in [2.05, 4.69) is 42.2 Å². The van der Waals surface area contributed by atoms with Gasteiger partial charge in [0.2, 0.25) is 0 Å². The van der Waals surface area contributed by atoms with Gasteiger partial charge in [0.25, 0.3) is 0 Å². The lowest BCUT2D eigenvalue weighted by Crippen LogP contribution is -2.33. The maximum Gasteiger partial charge on any atom is 0.0624 e. The van der Waals surface area contributed by atoms with Gasteiger partial charge in [0.1, 0.15) is 0 Å². The van der Waals surface area contributed by atoms with Gasteiger partial charge in [0, 0.05) is 25.2 Å². The highest BCUT2D eigenvalue weighted by molar-refractivity contribution is 5.48. The van der Waals surface area contributed by atoms with Crippen molar-refractivity contribution in [2.75, 3.05) is 18.0 Å². The van der Waals surface area contributed by atoms with Crippen LogP contribution in [0, 0.1) is 24.2 Å². The van der Waals surface area contributed by atoms with Crippen LogP contribution in [0.5, 0.6) is 0 Å². The first-order valence-electron chi connectivity index (χ1n) is 5.98. The van der Waals surface area contributed by atoms with Gasteiger partial charge in [-0.3, -0.25) is 0 Å². The number of aryl methyl sites for hydroxylation is 1. The number of hydrogen-bond acceptors (Lipinski definition) is 2. The van der Waals surface area contributed by atoms with E-state index < -0.39 is 0 Å². The minimum absolute atomic E-state index is 0.617. The highest BCUT2D eigenvalue weighted by atomic mass is 15.1. The van der Waals surface area contributed by atoms with Crippen LogP contribution in [0.2, 0.25) is 0 Å². The van der Waals surface area contributed by atoms with E-state index in [4.69, 9.17) is 5.26 Å². The van der Waals surface area contributed by atoms with Gasteiger partial charge in [-0.05, 0) is 43.4 Å². The van der Waals surface area contributed by atoms with Crippen molar-refractivity contribution in [2.45, 2.75) is 26.2 Å². The highest BCUT2D eigenvalue weighted by Crippen LogP contribution is 2.25. The summed E-state index contributed by atoms with van der Waals surface area (Å²) in [6, 6.07) is 10.9. The highest BCUT2D eigenvalue weighted by Gasteiger charge is 2.18. The van der Waals surface area contributed by atoms with Gasteiger partial charge >= 0.3 is 0 Å². The molecule has 16 heavy (non-hydrogen) atoms. The zero-order chi connectivity index (χ0) is 11.4. The van der Waals surface area contributed by atoms with Crippen LogP contribution >= 0.6 is 0 Å². The predicted octanol–water partition coefficient (Wildman–Crippen LogP) is 3.13. The Labute approximate surface area is 97.5 Å². The van der Waals surface area contributed by atoms with Crippen molar-refractivity contribution in [2.24, 2.45) is 5.92 Å². The number of hydrogen-bond donors (Lipinski definition) is 0. The molecule has 1 fully saturated rings. The molecule has 1 aliphatic heterocycles. The van der Waals surface area contributed by atoms with Crippen LogP contribution in [0.25, 0.3) is 0 Å². The average Bonchev–Trinajstić information content (AvgIpc) is 2.30. The Kier molecular flexibility index (Phi) is 3.46. The van der Waals surface area contributed by atoms with Gasteiger partial charge < -0.3 is 4.90 Å². The largest absolute Gasteiger partial charge is 0.372 e. The summed E-state index contributed by atoms with van der Waals surface area (Å²) in [4.78, 5) is 2.43. The molecule has 1 heterocycles. The van der Waals surface area contributed by atoms with E-state index in [9.17, 15) is 0 Å². The van der Waals surface area contributed by atoms with E-state index >= 15 is 0 Å². The number of piperidine rings is 1. The summed E-state index contributed by atoms with van der Waals surface area (Å²) in [5.41, 5.74) is 2.65. The van der Waals surface area contributed by atoms with Crippen molar-refractivity contribution in [3.8, 4) is 6.07 Å². The maximum absolute atomic E-state index is 8.67. The minimum Gasteiger partial charge on any atom is -0.372 e. The van der Waals surface area contributed by atoms with E-state index in [1.54, 1.807) is 0 Å². The molecule has 0 unspecified atom stereocenters. The number of nitrogens with zero attached hydrogens (tertiary/aromatic N) is 2. The Morgan fingerprint density at radius 1 is 1.38 bits per heavy atom. The van der Waals surface area contributed by atoms with Crippen LogP contribution in [-0.4, -0.2) is 13.1 Å². The molecule has 0 N–H and O–H groups in total. The molecule has 84 valence electrons. The molecule has 2 heteroatoms. The molecule has 1 aromatic carbocycles. The van der Waals surface area contributed by atoms with E-state index in [1.807, 2.05) is 0 Å². The third-order valence-corrected chi connectivity index (χ3v) is 3.36. The number of benzene rings is 1. The second-order valence-corrected chi connectivity index (χ2v) is 4.63. The lowest BCUT2D eigenvalue weighted by Gasteiger charge is -2.32.